The second-order valence-electron chi connectivity index (χ2n) is 11.2. The van der Waals surface area contributed by atoms with Gasteiger partial charge >= 0.3 is 0 Å². The Balaban J connectivity index is 1.30. The zero-order chi connectivity index (χ0) is 31.0. The van der Waals surface area contributed by atoms with Crippen molar-refractivity contribution < 1.29 is 22.3 Å². The molecule has 7 rings (SSSR count). The van der Waals surface area contributed by atoms with Crippen LogP contribution in [0.5, 0.6) is 5.75 Å². The third-order valence-corrected chi connectivity index (χ3v) is 10.1. The molecule has 9 heteroatoms. The zero-order valence-corrected chi connectivity index (χ0v) is 26.6. The molecule has 2 aromatic heterocycles. The fraction of sp³-hybridized carbons (Fsp3) is 0.194. The molecule has 0 atom stereocenters. The second-order valence-corrected chi connectivity index (χ2v) is 13.8. The van der Waals surface area contributed by atoms with E-state index in [-0.39, 0.29) is 6.42 Å². The van der Waals surface area contributed by atoms with E-state index in [0.29, 0.717) is 18.2 Å². The first-order chi connectivity index (χ1) is 21.9. The maximum atomic E-state index is 11.5. The lowest BCUT2D eigenvalue weighted by molar-refractivity contribution is -0.669. The number of benzene rings is 4. The summed E-state index contributed by atoms with van der Waals surface area (Å²) in [5, 5.41) is 2.19. The summed E-state index contributed by atoms with van der Waals surface area (Å²) in [5.41, 5.74) is 6.41. The summed E-state index contributed by atoms with van der Waals surface area (Å²) in [4.78, 5) is 2.00. The van der Waals surface area contributed by atoms with E-state index in [1.54, 1.807) is 11.3 Å². The number of fused-ring (bicyclic) bond motifs is 3. The Hall–Kier alpha value is -4.44. The minimum absolute atomic E-state index is 0.186. The molecule has 0 N–H and O–H groups in total. The number of unbranched alkanes of at least 4 members (excludes halogenated alkanes) is 1. The molecule has 0 spiro atoms. The van der Waals surface area contributed by atoms with Crippen molar-refractivity contribution in [1.29, 1.82) is 0 Å². The highest BCUT2D eigenvalue weighted by atomic mass is 32.2. The van der Waals surface area contributed by atoms with Crippen molar-refractivity contribution in [3.05, 3.63) is 114 Å². The van der Waals surface area contributed by atoms with Crippen LogP contribution in [0.25, 0.3) is 44.0 Å². The van der Waals surface area contributed by atoms with E-state index in [0.717, 1.165) is 46.7 Å². The number of rotatable bonds is 10. The first-order valence-corrected chi connectivity index (χ1v) is 17.6. The number of aromatic nitrogens is 2. The standard InChI is InChI=1S/C36H33N3O4S2/c1-2-3-19-39-32-23-28(26-10-5-4-6-11-26)14-17-34(32)44-36(39)25-35-38(20-9-22-45(40,41)42)31-24-29(15-16-33(31)43-35)37-21-18-27-12-7-8-13-30(27)37/h4-8,10-18,21,23-25H,2-3,9,19-20,22H2,1H3. The molecule has 0 radical (unpaired) electrons. The third kappa shape index (κ3) is 5.99. The molecule has 3 heterocycles. The predicted octanol–water partition coefficient (Wildman–Crippen LogP) is 7.73. The summed E-state index contributed by atoms with van der Waals surface area (Å²) in [6, 6.07) is 33.3. The smallest absolute Gasteiger partial charge is 0.268 e. The molecule has 7 nitrogen and oxygen atoms in total. The van der Waals surface area contributed by atoms with E-state index in [1.807, 2.05) is 41.4 Å². The highest BCUT2D eigenvalue weighted by Gasteiger charge is 2.30. The number of anilines is 1. The Morgan fingerprint density at radius 2 is 1.73 bits per heavy atom. The van der Waals surface area contributed by atoms with Crippen LogP contribution in [0.15, 0.2) is 109 Å². The lowest BCUT2D eigenvalue weighted by Gasteiger charge is -2.19. The Morgan fingerprint density at radius 1 is 0.911 bits per heavy atom. The number of ether oxygens (including phenoxy) is 1. The topological polar surface area (TPSA) is 78.5 Å². The molecular formula is C36H33N3O4S2. The molecule has 4 aromatic carbocycles. The van der Waals surface area contributed by atoms with Gasteiger partial charge in [0.2, 0.25) is 11.4 Å². The molecule has 0 saturated heterocycles. The van der Waals surface area contributed by atoms with Gasteiger partial charge in [0.15, 0.2) is 12.3 Å². The van der Waals surface area contributed by atoms with Crippen LogP contribution in [0, 0.1) is 0 Å². The fourth-order valence-corrected chi connectivity index (χ4v) is 7.53. The molecule has 0 fully saturated rings. The minimum Gasteiger partial charge on any atom is -0.748 e. The second kappa shape index (κ2) is 12.2. The van der Waals surface area contributed by atoms with Crippen molar-refractivity contribution in [2.24, 2.45) is 0 Å². The monoisotopic (exact) mass is 635 g/mol. The van der Waals surface area contributed by atoms with Crippen molar-refractivity contribution in [3.8, 4) is 22.6 Å². The lowest BCUT2D eigenvalue weighted by Crippen LogP contribution is -2.35. The summed E-state index contributed by atoms with van der Waals surface area (Å²) in [5.74, 6) is 0.873. The molecule has 6 aromatic rings. The van der Waals surface area contributed by atoms with Gasteiger partial charge in [0.25, 0.3) is 5.01 Å². The molecule has 0 amide bonds. The summed E-state index contributed by atoms with van der Waals surface area (Å²) in [7, 11) is -4.34. The lowest BCUT2D eigenvalue weighted by atomic mass is 10.1. The molecule has 0 unspecified atom stereocenters. The van der Waals surface area contributed by atoms with Crippen LogP contribution >= 0.6 is 11.3 Å². The third-order valence-electron chi connectivity index (χ3n) is 8.19. The van der Waals surface area contributed by atoms with Gasteiger partial charge in [-0.1, -0.05) is 79.3 Å². The van der Waals surface area contributed by atoms with Gasteiger partial charge in [0.1, 0.15) is 4.70 Å². The zero-order valence-electron chi connectivity index (χ0n) is 24.9. The van der Waals surface area contributed by atoms with E-state index in [9.17, 15) is 13.0 Å². The molecule has 1 aliphatic heterocycles. The van der Waals surface area contributed by atoms with Gasteiger partial charge in [-0.25, -0.2) is 8.42 Å². The highest BCUT2D eigenvalue weighted by Crippen LogP contribution is 2.42. The molecule has 0 saturated carbocycles. The molecule has 45 heavy (non-hydrogen) atoms. The number of aryl methyl sites for hydroxylation is 1. The van der Waals surface area contributed by atoms with Crippen LogP contribution in [0.1, 0.15) is 31.2 Å². The Labute approximate surface area is 267 Å². The van der Waals surface area contributed by atoms with Gasteiger partial charge < -0.3 is 18.8 Å². The van der Waals surface area contributed by atoms with Gasteiger partial charge in [0, 0.05) is 36.7 Å². The van der Waals surface area contributed by atoms with Crippen LogP contribution in [0.4, 0.5) is 5.69 Å². The maximum Gasteiger partial charge on any atom is 0.268 e. The van der Waals surface area contributed by atoms with Gasteiger partial charge in [0.05, 0.1) is 27.4 Å². The van der Waals surface area contributed by atoms with Crippen LogP contribution in [0.3, 0.4) is 0 Å². The van der Waals surface area contributed by atoms with Crippen LogP contribution in [-0.2, 0) is 16.7 Å². The number of thiazole rings is 1. The number of hydrogen-bond acceptors (Lipinski definition) is 6. The fourth-order valence-electron chi connectivity index (χ4n) is 5.96. The van der Waals surface area contributed by atoms with Crippen molar-refractivity contribution in [1.82, 2.24) is 4.57 Å². The van der Waals surface area contributed by atoms with Crippen LogP contribution < -0.4 is 14.2 Å². The van der Waals surface area contributed by atoms with E-state index in [1.165, 1.54) is 21.3 Å². The van der Waals surface area contributed by atoms with Gasteiger partial charge in [-0.15, -0.1) is 0 Å². The summed E-state index contributed by atoms with van der Waals surface area (Å²) >= 11 is 1.71. The van der Waals surface area contributed by atoms with Crippen molar-refractivity contribution in [2.45, 2.75) is 32.7 Å². The molecular weight excluding hydrogens is 603 g/mol. The van der Waals surface area contributed by atoms with E-state index in [2.05, 4.69) is 88.9 Å². The van der Waals surface area contributed by atoms with E-state index < -0.39 is 15.9 Å². The summed E-state index contributed by atoms with van der Waals surface area (Å²) in [6.45, 7) is 3.38. The highest BCUT2D eigenvalue weighted by molar-refractivity contribution is 7.85. The van der Waals surface area contributed by atoms with Gasteiger partial charge in [-0.2, -0.15) is 4.57 Å². The first-order valence-electron chi connectivity index (χ1n) is 15.2. The number of hydrogen-bond donors (Lipinski definition) is 0. The SMILES string of the molecule is CCCC[n+]1c(/C=C2\Oc3ccc(-n4ccc5ccccc54)cc3N2CCCS(=O)(=O)[O-])sc2ccc(-c3ccccc3)cc21. The molecule has 0 aliphatic carbocycles. The van der Waals surface area contributed by atoms with E-state index in [4.69, 9.17) is 4.74 Å². The summed E-state index contributed by atoms with van der Waals surface area (Å²) < 4.78 is 46.6. The normalized spacial score (nSPS) is 14.0. The molecule has 1 aliphatic rings. The van der Waals surface area contributed by atoms with Gasteiger partial charge in [-0.05, 0) is 59.3 Å². The molecule has 228 valence electrons. The van der Waals surface area contributed by atoms with Crippen LogP contribution in [-0.4, -0.2) is 29.8 Å². The average Bonchev–Trinajstić information content (AvgIpc) is 3.72. The predicted molar refractivity (Wildman–Crippen MR) is 181 cm³/mol. The summed E-state index contributed by atoms with van der Waals surface area (Å²) in [6.07, 6.45) is 6.38. The number of para-hydroxylation sites is 1. The van der Waals surface area contributed by atoms with Crippen LogP contribution in [0.2, 0.25) is 0 Å². The Kier molecular flexibility index (Phi) is 7.91. The van der Waals surface area contributed by atoms with Gasteiger partial charge in [-0.3, -0.25) is 0 Å². The largest absolute Gasteiger partial charge is 0.748 e. The first kappa shape index (κ1) is 29.3. The minimum atomic E-state index is -4.34. The van der Waals surface area contributed by atoms with Crippen molar-refractivity contribution >= 4 is 54.3 Å². The van der Waals surface area contributed by atoms with E-state index >= 15 is 0 Å². The Bertz CT molecular complexity index is 2150. The average molecular weight is 636 g/mol. The Morgan fingerprint density at radius 3 is 2.56 bits per heavy atom. The van der Waals surface area contributed by atoms with Crippen molar-refractivity contribution in [3.63, 3.8) is 0 Å². The quantitative estimate of drug-likeness (QED) is 0.114. The van der Waals surface area contributed by atoms with Crippen molar-refractivity contribution in [2.75, 3.05) is 17.2 Å². The molecule has 0 bridgehead atoms. The maximum absolute atomic E-state index is 11.5. The number of nitrogens with zero attached hydrogens (tertiary/aromatic N) is 3.